The Hall–Kier alpha value is -3.80. The Kier molecular flexibility index (Phi) is 7.07. The first-order valence-electron chi connectivity index (χ1n) is 10.7. The molecule has 5 N–H and O–H groups in total. The van der Waals surface area contributed by atoms with Gasteiger partial charge in [-0.05, 0) is 42.3 Å². The highest BCUT2D eigenvalue weighted by molar-refractivity contribution is 6.32. The molecule has 0 spiro atoms. The van der Waals surface area contributed by atoms with Gasteiger partial charge in [-0.2, -0.15) is 0 Å². The van der Waals surface area contributed by atoms with Crippen LogP contribution in [0, 0.1) is 18.6 Å². The summed E-state index contributed by atoms with van der Waals surface area (Å²) in [5.74, 6) is -4.06. The van der Waals surface area contributed by atoms with Crippen LogP contribution in [0.1, 0.15) is 28.4 Å². The molecule has 0 bridgehead atoms. The summed E-state index contributed by atoms with van der Waals surface area (Å²) in [5, 5.41) is 32.5. The van der Waals surface area contributed by atoms with Gasteiger partial charge in [0.1, 0.15) is 11.7 Å². The Balaban J connectivity index is 1.81. The van der Waals surface area contributed by atoms with E-state index in [9.17, 15) is 33.7 Å². The molecule has 36 heavy (non-hydrogen) atoms. The van der Waals surface area contributed by atoms with Crippen LogP contribution in [0.15, 0.2) is 40.1 Å². The quantitative estimate of drug-likeness (QED) is 0.327. The number of benzene rings is 2. The summed E-state index contributed by atoms with van der Waals surface area (Å²) in [4.78, 5) is 32.8. The Morgan fingerprint density at radius 2 is 1.94 bits per heavy atom. The third-order valence-corrected chi connectivity index (χ3v) is 6.20. The summed E-state index contributed by atoms with van der Waals surface area (Å²) in [6.45, 7) is 0.550. The van der Waals surface area contributed by atoms with Crippen molar-refractivity contribution in [3.8, 4) is 5.88 Å². The second-order valence-electron chi connectivity index (χ2n) is 8.11. The number of aliphatic imine (C=N–C) groups is 1. The Morgan fingerprint density at radius 3 is 2.61 bits per heavy atom. The van der Waals surface area contributed by atoms with Crippen molar-refractivity contribution in [3.05, 3.63) is 79.9 Å². The van der Waals surface area contributed by atoms with Gasteiger partial charge in [-0.15, -0.1) is 0 Å². The highest BCUT2D eigenvalue weighted by Gasteiger charge is 2.31. The van der Waals surface area contributed by atoms with Gasteiger partial charge in [0.25, 0.3) is 0 Å². The van der Waals surface area contributed by atoms with Crippen LogP contribution in [0.2, 0.25) is 5.02 Å². The minimum Gasteiger partial charge on any atom is -0.493 e. The third-order valence-electron chi connectivity index (χ3n) is 5.79. The predicted octanol–water partition coefficient (Wildman–Crippen LogP) is 2.44. The maximum atomic E-state index is 14.0. The van der Waals surface area contributed by atoms with E-state index in [1.54, 1.807) is 19.1 Å². The number of aromatic amines is 1. The number of allylic oxidation sites excluding steroid dienone is 1. The van der Waals surface area contributed by atoms with Crippen LogP contribution in [0.25, 0.3) is 11.6 Å². The van der Waals surface area contributed by atoms with E-state index in [1.165, 1.54) is 12.3 Å². The normalized spacial score (nSPS) is 14.5. The molecular formula is C24H21ClF2N4O5. The first-order chi connectivity index (χ1) is 17.2. The fourth-order valence-electron chi connectivity index (χ4n) is 3.88. The number of halogens is 3. The molecule has 0 aliphatic carbocycles. The number of H-pyrrole nitrogens is 1. The Labute approximate surface area is 208 Å². The number of imidazole rings is 1. The van der Waals surface area contributed by atoms with Gasteiger partial charge >= 0.3 is 5.69 Å². The van der Waals surface area contributed by atoms with E-state index in [1.807, 2.05) is 0 Å². The minimum atomic E-state index is -1.66. The van der Waals surface area contributed by atoms with Gasteiger partial charge in [-0.3, -0.25) is 9.79 Å². The van der Waals surface area contributed by atoms with Gasteiger partial charge in [-0.25, -0.2) is 18.1 Å². The molecule has 1 unspecified atom stereocenters. The van der Waals surface area contributed by atoms with Crippen molar-refractivity contribution in [2.45, 2.75) is 19.0 Å². The molecule has 2 aromatic carbocycles. The van der Waals surface area contributed by atoms with Crippen LogP contribution in [0.4, 0.5) is 14.5 Å². The number of rotatable bonds is 7. The van der Waals surface area contributed by atoms with Crippen LogP contribution >= 0.6 is 11.6 Å². The maximum absolute atomic E-state index is 14.0. The molecule has 1 aliphatic rings. The lowest BCUT2D eigenvalue weighted by Gasteiger charge is -2.22. The lowest BCUT2D eigenvalue weighted by Crippen LogP contribution is -2.45. The molecule has 9 nitrogen and oxygen atoms in total. The molecular weight excluding hydrogens is 498 g/mol. The summed E-state index contributed by atoms with van der Waals surface area (Å²) in [6.07, 6.45) is 2.97. The average molecular weight is 519 g/mol. The molecule has 0 saturated heterocycles. The van der Waals surface area contributed by atoms with Crippen molar-refractivity contribution < 1.29 is 28.9 Å². The van der Waals surface area contributed by atoms with Crippen LogP contribution < -0.4 is 11.0 Å². The molecule has 2 heterocycles. The van der Waals surface area contributed by atoms with Crippen LogP contribution in [-0.2, 0) is 4.79 Å². The molecule has 12 heteroatoms. The molecule has 0 fully saturated rings. The molecule has 1 aromatic heterocycles. The van der Waals surface area contributed by atoms with Gasteiger partial charge < -0.3 is 25.6 Å². The molecule has 0 radical (unpaired) electrons. The van der Waals surface area contributed by atoms with Gasteiger partial charge in [0.05, 0.1) is 24.9 Å². The van der Waals surface area contributed by atoms with E-state index in [0.29, 0.717) is 26.4 Å². The number of aromatic nitrogens is 2. The number of hydrogen-bond acceptors (Lipinski definition) is 6. The average Bonchev–Trinajstić information content (AvgIpc) is 3.38. The fraction of sp³-hybridized carbons (Fsp3) is 0.208. The Bertz CT molecular complexity index is 1460. The second-order valence-corrected chi connectivity index (χ2v) is 8.52. The number of aromatic hydroxyl groups is 1. The number of nitrogens with zero attached hydrogens (tertiary/aromatic N) is 2. The first-order valence-corrected chi connectivity index (χ1v) is 11.1. The summed E-state index contributed by atoms with van der Waals surface area (Å²) in [7, 11) is 0. The van der Waals surface area contributed by atoms with E-state index in [4.69, 9.17) is 11.6 Å². The topological polar surface area (TPSA) is 140 Å². The molecule has 0 saturated carbocycles. The van der Waals surface area contributed by atoms with Gasteiger partial charge in [0, 0.05) is 22.4 Å². The van der Waals surface area contributed by atoms with Crippen molar-refractivity contribution in [1.82, 2.24) is 14.9 Å². The number of nitrogens with one attached hydrogen (secondary N) is 2. The lowest BCUT2D eigenvalue weighted by atomic mass is 10.0. The summed E-state index contributed by atoms with van der Waals surface area (Å²) in [6, 6.07) is 3.24. The molecule has 1 amide bonds. The van der Waals surface area contributed by atoms with E-state index < -0.39 is 54.4 Å². The van der Waals surface area contributed by atoms with E-state index in [2.05, 4.69) is 15.3 Å². The number of aliphatic hydroxyl groups is 2. The van der Waals surface area contributed by atoms with Crippen molar-refractivity contribution in [2.24, 2.45) is 4.99 Å². The van der Waals surface area contributed by atoms with Crippen molar-refractivity contribution in [3.63, 3.8) is 0 Å². The van der Waals surface area contributed by atoms with Crippen molar-refractivity contribution >= 4 is 41.1 Å². The zero-order valence-corrected chi connectivity index (χ0v) is 19.6. The Morgan fingerprint density at radius 1 is 1.22 bits per heavy atom. The number of fused-ring (bicyclic) bond motifs is 1. The first kappa shape index (κ1) is 25.3. The summed E-state index contributed by atoms with van der Waals surface area (Å²) < 4.78 is 28.2. The van der Waals surface area contributed by atoms with Gasteiger partial charge in [0.2, 0.25) is 11.8 Å². The molecule has 4 rings (SSSR count). The number of carbonyl (C=O) groups is 1. The van der Waals surface area contributed by atoms with Crippen LogP contribution in [-0.4, -0.2) is 56.2 Å². The zero-order chi connectivity index (χ0) is 26.1. The highest BCUT2D eigenvalue weighted by Crippen LogP contribution is 2.39. The van der Waals surface area contributed by atoms with Gasteiger partial charge in [-0.1, -0.05) is 23.7 Å². The lowest BCUT2D eigenvalue weighted by molar-refractivity contribution is -0.124. The molecule has 1 aliphatic heterocycles. The monoisotopic (exact) mass is 518 g/mol. The molecule has 3 aromatic rings. The smallest absolute Gasteiger partial charge is 0.329 e. The van der Waals surface area contributed by atoms with E-state index >= 15 is 0 Å². The van der Waals surface area contributed by atoms with E-state index in [0.717, 1.165) is 23.8 Å². The van der Waals surface area contributed by atoms with E-state index in [-0.39, 0.29) is 11.3 Å². The number of carbonyl (C=O) groups excluding carboxylic acids is 1. The largest absolute Gasteiger partial charge is 0.493 e. The molecule has 188 valence electrons. The summed E-state index contributed by atoms with van der Waals surface area (Å²) >= 11 is 6.15. The second kappa shape index (κ2) is 10.1. The van der Waals surface area contributed by atoms with Crippen molar-refractivity contribution in [2.75, 3.05) is 13.2 Å². The van der Waals surface area contributed by atoms with Crippen LogP contribution in [0.3, 0.4) is 0 Å². The highest BCUT2D eigenvalue weighted by atomic mass is 35.5. The van der Waals surface area contributed by atoms with Crippen LogP contribution in [0.5, 0.6) is 5.88 Å². The summed E-state index contributed by atoms with van der Waals surface area (Å²) in [5.41, 5.74) is 1.49. The number of aliphatic hydroxyl groups excluding tert-OH is 2. The number of amides is 1. The minimum absolute atomic E-state index is 0.0665. The number of hydrogen-bond donors (Lipinski definition) is 5. The third kappa shape index (κ3) is 4.55. The van der Waals surface area contributed by atoms with Gasteiger partial charge in [0.15, 0.2) is 11.6 Å². The predicted molar refractivity (Wildman–Crippen MR) is 130 cm³/mol. The SMILES string of the molecule is Cc1c(Cl)ccc2c1N=C/C2=C/c1[nH]c(=O)n(C(C(=O)NC(CO)CO)c2ccc(F)c(F)c2)c1O. The molecule has 1 atom stereocenters. The zero-order valence-electron chi connectivity index (χ0n) is 18.8. The standard InChI is InChI=1S/C24H21ClF2N4O5/c1-11-16(25)4-3-15-13(8-28-20(11)15)7-19-23(35)31(24(36)30-19)21(22(34)29-14(9-32)10-33)12-2-5-17(26)18(27)6-12/h2-8,14,21,32-33,35H,9-10H2,1H3,(H,29,34)(H,30,36)/b13-7-. The maximum Gasteiger partial charge on any atom is 0.329 e. The van der Waals surface area contributed by atoms with Crippen molar-refractivity contribution in [1.29, 1.82) is 0 Å². The fourth-order valence-corrected chi connectivity index (χ4v) is 4.03.